The van der Waals surface area contributed by atoms with Crippen molar-refractivity contribution in [2.75, 3.05) is 5.38 Å². The lowest BCUT2D eigenvalue weighted by Gasteiger charge is -2.10. The summed E-state index contributed by atoms with van der Waals surface area (Å²) in [6, 6.07) is 0. The van der Waals surface area contributed by atoms with Crippen LogP contribution in [0.3, 0.4) is 0 Å². The van der Waals surface area contributed by atoms with E-state index in [1.807, 2.05) is 0 Å². The molecule has 1 aromatic heterocycles. The van der Waals surface area contributed by atoms with Crippen LogP contribution in [0.15, 0.2) is 17.6 Å². The molecule has 14 heavy (non-hydrogen) atoms. The number of aromatic nitrogens is 2. The van der Waals surface area contributed by atoms with Crippen molar-refractivity contribution in [3.05, 3.63) is 18.0 Å². The van der Waals surface area contributed by atoms with Gasteiger partial charge in [-0.1, -0.05) is 24.9 Å². The number of hydrogen-bond donors (Lipinski definition) is 0. The first-order valence-electron chi connectivity index (χ1n) is 4.20. The largest absolute Gasteiger partial charge is 0.231 e. The van der Waals surface area contributed by atoms with Crippen LogP contribution in [0, 0.1) is 0 Å². The second kappa shape index (κ2) is 5.35. The minimum atomic E-state index is -1.53. The van der Waals surface area contributed by atoms with Gasteiger partial charge in [-0.2, -0.15) is 11.1 Å². The summed E-state index contributed by atoms with van der Waals surface area (Å²) in [6.07, 6.45) is 3.51. The quantitative estimate of drug-likeness (QED) is 0.275. The van der Waals surface area contributed by atoms with Gasteiger partial charge in [0.05, 0.1) is 5.88 Å². The molecule has 0 N–H and O–H groups in total. The summed E-state index contributed by atoms with van der Waals surface area (Å²) in [6.45, 7) is 4.21. The average molecular weight is 267 g/mol. The van der Waals surface area contributed by atoms with E-state index in [0.29, 0.717) is 5.88 Å². The first-order chi connectivity index (χ1) is 6.51. The van der Waals surface area contributed by atoms with Gasteiger partial charge >= 0.3 is 0 Å². The van der Waals surface area contributed by atoms with Gasteiger partial charge in [0.1, 0.15) is 0 Å². The van der Waals surface area contributed by atoms with E-state index in [4.69, 9.17) is 22.7 Å². The van der Waals surface area contributed by atoms with E-state index in [2.05, 4.69) is 23.1 Å². The fraction of sp³-hybridized carbons (Fsp3) is 0.500. The fourth-order valence-corrected chi connectivity index (χ4v) is 3.50. The summed E-state index contributed by atoms with van der Waals surface area (Å²) in [4.78, 5) is 8.37. The molecule has 0 bridgehead atoms. The first kappa shape index (κ1) is 12.3. The molecule has 0 atom stereocenters. The molecule has 0 radical (unpaired) electrons. The Balaban J connectivity index is 2.52. The van der Waals surface area contributed by atoms with E-state index in [1.54, 1.807) is 24.2 Å². The van der Waals surface area contributed by atoms with Crippen LogP contribution < -0.4 is 0 Å². The highest BCUT2D eigenvalue weighted by molar-refractivity contribution is 8.01. The van der Waals surface area contributed by atoms with Gasteiger partial charge in [0, 0.05) is 23.3 Å². The Morgan fingerprint density at radius 3 is 2.36 bits per heavy atom. The van der Waals surface area contributed by atoms with Gasteiger partial charge in [-0.05, 0) is 0 Å². The van der Waals surface area contributed by atoms with E-state index in [0.717, 1.165) is 16.1 Å². The number of thioether (sulfide) groups is 1. The lowest BCUT2D eigenvalue weighted by molar-refractivity contribution is 0.948. The molecule has 0 spiro atoms. The average Bonchev–Trinajstić information content (AvgIpc) is 2.14. The van der Waals surface area contributed by atoms with Crippen LogP contribution in [-0.4, -0.2) is 22.7 Å². The zero-order valence-corrected chi connectivity index (χ0v) is 11.5. The maximum atomic E-state index is 6.18. The van der Waals surface area contributed by atoms with Crippen molar-refractivity contribution in [2.45, 2.75) is 24.1 Å². The number of nitrogens with zero attached hydrogens (tertiary/aromatic N) is 2. The molecule has 0 saturated carbocycles. The Morgan fingerprint density at radius 1 is 1.36 bits per heavy atom. The topological polar surface area (TPSA) is 25.8 Å². The van der Waals surface area contributed by atoms with E-state index >= 15 is 0 Å². The van der Waals surface area contributed by atoms with Gasteiger partial charge in [0.15, 0.2) is 12.5 Å². The number of alkyl halides is 1. The Morgan fingerprint density at radius 2 is 1.93 bits per heavy atom. The molecular weight excluding hydrogens is 255 g/mol. The van der Waals surface area contributed by atoms with E-state index in [-0.39, 0.29) is 0 Å². The highest BCUT2D eigenvalue weighted by atomic mass is 35.6. The van der Waals surface area contributed by atoms with Crippen molar-refractivity contribution in [1.82, 2.24) is 9.97 Å². The monoisotopic (exact) mass is 266 g/mol. The van der Waals surface area contributed by atoms with Gasteiger partial charge in [-0.15, -0.1) is 11.6 Å². The summed E-state index contributed by atoms with van der Waals surface area (Å²) in [5.41, 5.74) is 0.943. The number of halogens is 2. The Hall–Kier alpha value is 0.227. The molecule has 0 fully saturated rings. The van der Waals surface area contributed by atoms with Gasteiger partial charge in [-0.3, -0.25) is 0 Å². The smallest absolute Gasteiger partial charge is 0.187 e. The van der Waals surface area contributed by atoms with Gasteiger partial charge in [0.25, 0.3) is 0 Å². The van der Waals surface area contributed by atoms with Crippen molar-refractivity contribution in [3.63, 3.8) is 0 Å². The maximum Gasteiger partial charge on any atom is 0.187 e. The normalized spacial score (nSPS) is 11.7. The van der Waals surface area contributed by atoms with Crippen LogP contribution in [0.5, 0.6) is 0 Å². The van der Waals surface area contributed by atoms with Crippen LogP contribution in [-0.2, 0) is 5.88 Å². The second-order valence-electron chi connectivity index (χ2n) is 3.51. The highest BCUT2D eigenvalue weighted by Gasteiger charge is 2.17. The molecule has 1 heterocycles. The molecule has 2 nitrogen and oxygen atoms in total. The Labute approximate surface area is 99.1 Å². The molecule has 0 aliphatic rings. The van der Waals surface area contributed by atoms with Gasteiger partial charge < -0.3 is 0 Å². The van der Waals surface area contributed by atoms with Crippen LogP contribution in [0.2, 0.25) is 13.1 Å². The van der Waals surface area contributed by atoms with Crippen molar-refractivity contribution in [2.24, 2.45) is 0 Å². The van der Waals surface area contributed by atoms with Crippen LogP contribution in [0.25, 0.3) is 0 Å². The molecule has 0 unspecified atom stereocenters. The minimum Gasteiger partial charge on any atom is -0.231 e. The highest BCUT2D eigenvalue weighted by Crippen LogP contribution is 2.20. The molecular formula is C8H12Cl2N2SSi. The Kier molecular flexibility index (Phi) is 4.70. The molecule has 0 aromatic carbocycles. The van der Waals surface area contributed by atoms with Crippen LogP contribution in [0.1, 0.15) is 5.56 Å². The van der Waals surface area contributed by atoms with Crippen LogP contribution >= 0.6 is 34.4 Å². The molecule has 1 rings (SSSR count). The molecule has 0 aliphatic carbocycles. The van der Waals surface area contributed by atoms with Gasteiger partial charge in [0.2, 0.25) is 0 Å². The van der Waals surface area contributed by atoms with Gasteiger partial charge in [-0.25, -0.2) is 9.97 Å². The van der Waals surface area contributed by atoms with Crippen molar-refractivity contribution < 1.29 is 0 Å². The standard InChI is InChI=1S/C8H12Cl2N2SSi/c1-14(2,10)6-13-8-11-4-7(3-9)5-12-8/h4-5H,3,6H2,1-2H3. The summed E-state index contributed by atoms with van der Waals surface area (Å²) in [5, 5.41) is 1.70. The third-order valence-electron chi connectivity index (χ3n) is 1.38. The van der Waals surface area contributed by atoms with Crippen molar-refractivity contribution in [3.8, 4) is 0 Å². The second-order valence-corrected chi connectivity index (χ2v) is 12.1. The molecule has 0 amide bonds. The number of rotatable bonds is 4. The predicted molar refractivity (Wildman–Crippen MR) is 65.6 cm³/mol. The molecule has 0 aliphatic heterocycles. The summed E-state index contributed by atoms with van der Waals surface area (Å²) >= 11 is 13.4. The van der Waals surface area contributed by atoms with E-state index in [9.17, 15) is 0 Å². The third-order valence-corrected chi connectivity index (χ3v) is 6.46. The Bertz CT molecular complexity index is 286. The minimum absolute atomic E-state index is 0.459. The zero-order chi connectivity index (χ0) is 10.6. The maximum absolute atomic E-state index is 6.18. The van der Waals surface area contributed by atoms with E-state index < -0.39 is 7.38 Å². The summed E-state index contributed by atoms with van der Waals surface area (Å²) in [7, 11) is -1.53. The lowest BCUT2D eigenvalue weighted by Crippen LogP contribution is -2.20. The van der Waals surface area contributed by atoms with Crippen molar-refractivity contribution >= 4 is 41.8 Å². The molecule has 78 valence electrons. The molecule has 6 heteroatoms. The van der Waals surface area contributed by atoms with Crippen molar-refractivity contribution in [1.29, 1.82) is 0 Å². The van der Waals surface area contributed by atoms with E-state index in [1.165, 1.54) is 0 Å². The zero-order valence-electron chi connectivity index (χ0n) is 8.13. The predicted octanol–water partition coefficient (Wildman–Crippen LogP) is 3.29. The summed E-state index contributed by atoms with van der Waals surface area (Å²) < 4.78 is 0. The molecule has 0 saturated heterocycles. The van der Waals surface area contributed by atoms with Crippen LogP contribution in [0.4, 0.5) is 0 Å². The summed E-state index contributed by atoms with van der Waals surface area (Å²) in [5.74, 6) is 0.459. The SMILES string of the molecule is C[Si](C)(Cl)CSc1ncc(CCl)cn1. The molecule has 1 aromatic rings. The fourth-order valence-electron chi connectivity index (χ4n) is 0.723. The number of hydrogen-bond acceptors (Lipinski definition) is 3. The lowest BCUT2D eigenvalue weighted by atomic mass is 10.4. The first-order valence-corrected chi connectivity index (χ1v) is 9.94. The third kappa shape index (κ3) is 4.64.